The summed E-state index contributed by atoms with van der Waals surface area (Å²) in [6.45, 7) is 4.10. The normalized spacial score (nSPS) is 44.5. The molecule has 118 valence electrons. The SMILES string of the molecule is C/C=C/[C@@H]1CCC[C@]2(CC[C@@]3(CCC[C@H](/C=C/C)O3)O2)O1. The van der Waals surface area contributed by atoms with Gasteiger partial charge in [0.05, 0.1) is 12.2 Å². The monoisotopic (exact) mass is 292 g/mol. The van der Waals surface area contributed by atoms with Crippen molar-refractivity contribution in [2.24, 2.45) is 0 Å². The van der Waals surface area contributed by atoms with Gasteiger partial charge in [-0.2, -0.15) is 0 Å². The topological polar surface area (TPSA) is 27.7 Å². The van der Waals surface area contributed by atoms with Gasteiger partial charge in [-0.25, -0.2) is 0 Å². The molecule has 3 rings (SSSR count). The summed E-state index contributed by atoms with van der Waals surface area (Å²) in [6.07, 6.45) is 17.3. The molecule has 0 aromatic heterocycles. The minimum Gasteiger partial charge on any atom is -0.343 e. The smallest absolute Gasteiger partial charge is 0.172 e. The van der Waals surface area contributed by atoms with Crippen LogP contribution in [0.25, 0.3) is 0 Å². The van der Waals surface area contributed by atoms with Crippen molar-refractivity contribution in [2.45, 2.75) is 89.0 Å². The second-order valence-corrected chi connectivity index (χ2v) is 6.57. The van der Waals surface area contributed by atoms with Crippen LogP contribution < -0.4 is 0 Å². The minimum atomic E-state index is -0.403. The van der Waals surface area contributed by atoms with E-state index in [2.05, 4.69) is 24.3 Å². The fraction of sp³-hybridized carbons (Fsp3) is 0.778. The molecule has 0 N–H and O–H groups in total. The Labute approximate surface area is 128 Å². The summed E-state index contributed by atoms with van der Waals surface area (Å²) in [4.78, 5) is 0. The number of ether oxygens (including phenoxy) is 3. The number of rotatable bonds is 2. The molecule has 2 spiro atoms. The first-order chi connectivity index (χ1) is 10.2. The van der Waals surface area contributed by atoms with Gasteiger partial charge in [-0.3, -0.25) is 0 Å². The Morgan fingerprint density at radius 1 is 0.762 bits per heavy atom. The highest BCUT2D eigenvalue weighted by Gasteiger charge is 2.54. The van der Waals surface area contributed by atoms with Crippen LogP contribution in [-0.4, -0.2) is 23.8 Å². The van der Waals surface area contributed by atoms with Gasteiger partial charge in [0.1, 0.15) is 0 Å². The average molecular weight is 292 g/mol. The predicted octanol–water partition coefficient (Wildman–Crippen LogP) is 4.48. The lowest BCUT2D eigenvalue weighted by molar-refractivity contribution is -0.351. The summed E-state index contributed by atoms with van der Waals surface area (Å²) < 4.78 is 19.0. The molecule has 3 aliphatic heterocycles. The number of allylic oxidation sites excluding steroid dienone is 2. The third-order valence-corrected chi connectivity index (χ3v) is 4.90. The van der Waals surface area contributed by atoms with E-state index in [0.29, 0.717) is 0 Å². The maximum atomic E-state index is 6.46. The van der Waals surface area contributed by atoms with Crippen molar-refractivity contribution in [3.05, 3.63) is 24.3 Å². The van der Waals surface area contributed by atoms with Gasteiger partial charge in [-0.05, 0) is 39.5 Å². The van der Waals surface area contributed by atoms with E-state index < -0.39 is 11.6 Å². The molecular weight excluding hydrogens is 264 g/mol. The Kier molecular flexibility index (Phi) is 4.53. The van der Waals surface area contributed by atoms with Crippen LogP contribution in [-0.2, 0) is 14.2 Å². The van der Waals surface area contributed by atoms with Gasteiger partial charge >= 0.3 is 0 Å². The van der Waals surface area contributed by atoms with Crippen LogP contribution >= 0.6 is 0 Å². The molecule has 0 aromatic carbocycles. The van der Waals surface area contributed by atoms with Crippen LogP contribution in [0.1, 0.15) is 65.2 Å². The quantitative estimate of drug-likeness (QED) is 0.702. The van der Waals surface area contributed by atoms with E-state index in [1.54, 1.807) is 0 Å². The number of hydrogen-bond acceptors (Lipinski definition) is 3. The predicted molar refractivity (Wildman–Crippen MR) is 82.9 cm³/mol. The molecule has 3 nitrogen and oxygen atoms in total. The van der Waals surface area contributed by atoms with Gasteiger partial charge < -0.3 is 14.2 Å². The van der Waals surface area contributed by atoms with E-state index in [1.165, 1.54) is 12.8 Å². The van der Waals surface area contributed by atoms with E-state index in [-0.39, 0.29) is 12.2 Å². The Hall–Kier alpha value is -0.640. The number of hydrogen-bond donors (Lipinski definition) is 0. The molecule has 0 saturated carbocycles. The summed E-state index contributed by atoms with van der Waals surface area (Å²) in [7, 11) is 0. The van der Waals surface area contributed by atoms with Gasteiger partial charge in [0.2, 0.25) is 0 Å². The van der Waals surface area contributed by atoms with Crippen molar-refractivity contribution < 1.29 is 14.2 Å². The minimum absolute atomic E-state index is 0.203. The maximum Gasteiger partial charge on any atom is 0.172 e. The third kappa shape index (κ3) is 3.25. The summed E-state index contributed by atoms with van der Waals surface area (Å²) in [6, 6.07) is 0. The molecule has 0 aromatic rings. The standard InChI is InChI=1S/C18H28O3/c1-3-7-15-9-5-11-17(19-15)13-14-18(21-17)12-6-10-16(20-18)8-4-2/h3-4,7-8,15-16H,5-6,9-14H2,1-2H3/b7-3+,8-4+/t15-,16+,17+,18-. The molecule has 0 unspecified atom stereocenters. The van der Waals surface area contributed by atoms with Crippen LogP contribution in [0.4, 0.5) is 0 Å². The fourth-order valence-electron chi connectivity index (χ4n) is 3.97. The van der Waals surface area contributed by atoms with E-state index >= 15 is 0 Å². The van der Waals surface area contributed by atoms with E-state index in [4.69, 9.17) is 14.2 Å². The van der Waals surface area contributed by atoms with Gasteiger partial charge in [0.25, 0.3) is 0 Å². The van der Waals surface area contributed by atoms with Gasteiger partial charge in [0.15, 0.2) is 11.6 Å². The van der Waals surface area contributed by atoms with Crippen LogP contribution in [0.2, 0.25) is 0 Å². The average Bonchev–Trinajstić information content (AvgIpc) is 2.78. The van der Waals surface area contributed by atoms with E-state index in [1.807, 2.05) is 13.8 Å². The molecule has 3 aliphatic rings. The zero-order valence-electron chi connectivity index (χ0n) is 13.3. The maximum absolute atomic E-state index is 6.46. The van der Waals surface area contributed by atoms with Crippen molar-refractivity contribution in [3.63, 3.8) is 0 Å². The van der Waals surface area contributed by atoms with Crippen LogP contribution in [0.3, 0.4) is 0 Å². The Morgan fingerprint density at radius 3 is 1.67 bits per heavy atom. The van der Waals surface area contributed by atoms with Gasteiger partial charge in [0, 0.05) is 25.7 Å². The van der Waals surface area contributed by atoms with Crippen molar-refractivity contribution in [1.82, 2.24) is 0 Å². The molecular formula is C18H28O3. The molecule has 0 radical (unpaired) electrons. The lowest BCUT2D eigenvalue weighted by Crippen LogP contribution is -2.46. The first-order valence-electron chi connectivity index (χ1n) is 8.51. The highest BCUT2D eigenvalue weighted by atomic mass is 16.8. The second-order valence-electron chi connectivity index (χ2n) is 6.57. The molecule has 4 atom stereocenters. The molecule has 0 bridgehead atoms. The molecule has 0 aliphatic carbocycles. The molecule has 21 heavy (non-hydrogen) atoms. The van der Waals surface area contributed by atoms with E-state index in [9.17, 15) is 0 Å². The van der Waals surface area contributed by atoms with Crippen molar-refractivity contribution >= 4 is 0 Å². The van der Waals surface area contributed by atoms with Crippen LogP contribution in [0.15, 0.2) is 24.3 Å². The first kappa shape index (κ1) is 15.3. The van der Waals surface area contributed by atoms with Crippen LogP contribution in [0, 0.1) is 0 Å². The highest BCUT2D eigenvalue weighted by molar-refractivity contribution is 4.98. The van der Waals surface area contributed by atoms with Crippen LogP contribution in [0.5, 0.6) is 0 Å². The van der Waals surface area contributed by atoms with Gasteiger partial charge in [-0.15, -0.1) is 0 Å². The molecule has 3 saturated heterocycles. The zero-order chi connectivity index (χ0) is 14.8. The lowest BCUT2D eigenvalue weighted by atomic mass is 9.96. The Bertz CT molecular complexity index is 379. The zero-order valence-corrected chi connectivity index (χ0v) is 13.3. The second kappa shape index (κ2) is 6.23. The Balaban J connectivity index is 1.69. The summed E-state index contributed by atoms with van der Waals surface area (Å²) >= 11 is 0. The summed E-state index contributed by atoms with van der Waals surface area (Å²) in [5, 5.41) is 0. The Morgan fingerprint density at radius 2 is 1.24 bits per heavy atom. The summed E-state index contributed by atoms with van der Waals surface area (Å²) in [5.41, 5.74) is 0. The van der Waals surface area contributed by atoms with Gasteiger partial charge in [-0.1, -0.05) is 24.3 Å². The largest absolute Gasteiger partial charge is 0.343 e. The summed E-state index contributed by atoms with van der Waals surface area (Å²) in [5.74, 6) is -0.805. The highest BCUT2D eigenvalue weighted by Crippen LogP contribution is 2.49. The molecule has 0 amide bonds. The molecule has 3 fully saturated rings. The fourth-order valence-corrected chi connectivity index (χ4v) is 3.97. The van der Waals surface area contributed by atoms with Crippen molar-refractivity contribution in [2.75, 3.05) is 0 Å². The molecule has 3 heterocycles. The lowest BCUT2D eigenvalue weighted by Gasteiger charge is -2.42. The molecule has 3 heteroatoms. The first-order valence-corrected chi connectivity index (χ1v) is 8.51. The van der Waals surface area contributed by atoms with E-state index in [0.717, 1.165) is 38.5 Å². The van der Waals surface area contributed by atoms with Crippen molar-refractivity contribution in [1.29, 1.82) is 0 Å². The third-order valence-electron chi connectivity index (χ3n) is 4.90. The van der Waals surface area contributed by atoms with Crippen molar-refractivity contribution in [3.8, 4) is 0 Å².